The maximum atomic E-state index is 13.7. The van der Waals surface area contributed by atoms with Crippen LogP contribution in [0.1, 0.15) is 25.5 Å². The Balaban J connectivity index is 1.71. The quantitative estimate of drug-likeness (QED) is 0.443. The van der Waals surface area contributed by atoms with Crippen LogP contribution in [0.25, 0.3) is 0 Å². The van der Waals surface area contributed by atoms with Gasteiger partial charge in [0.15, 0.2) is 0 Å². The minimum Gasteiger partial charge on any atom is -0.368 e. The molecule has 158 valence electrons. The van der Waals surface area contributed by atoms with Gasteiger partial charge in [-0.05, 0) is 24.1 Å². The third kappa shape index (κ3) is 4.98. The molecule has 30 heavy (non-hydrogen) atoms. The molecule has 0 fully saturated rings. The summed E-state index contributed by atoms with van der Waals surface area (Å²) in [5.41, 5.74) is 6.49. The van der Waals surface area contributed by atoms with Crippen molar-refractivity contribution in [1.29, 1.82) is 0 Å². The molecule has 0 aliphatic heterocycles. The van der Waals surface area contributed by atoms with Crippen LogP contribution in [-0.2, 0) is 11.3 Å². The molecule has 0 saturated heterocycles. The number of carbonyl (C=O) groups is 1. The Labute approximate surface area is 182 Å². The summed E-state index contributed by atoms with van der Waals surface area (Å²) >= 11 is 12.1. The summed E-state index contributed by atoms with van der Waals surface area (Å²) in [7, 11) is 0. The predicted molar refractivity (Wildman–Crippen MR) is 114 cm³/mol. The number of nitrogens with two attached hydrogens (primary N) is 1. The van der Waals surface area contributed by atoms with Crippen molar-refractivity contribution in [3.8, 4) is 0 Å². The summed E-state index contributed by atoms with van der Waals surface area (Å²) in [5, 5.41) is 10.6. The lowest BCUT2D eigenvalue weighted by Crippen LogP contribution is -2.30. The van der Waals surface area contributed by atoms with Gasteiger partial charge >= 0.3 is 0 Å². The van der Waals surface area contributed by atoms with Gasteiger partial charge in [-0.15, -0.1) is 0 Å². The van der Waals surface area contributed by atoms with E-state index < -0.39 is 17.8 Å². The second-order valence-electron chi connectivity index (χ2n) is 6.87. The minimum atomic E-state index is -0.560. The third-order valence-electron chi connectivity index (χ3n) is 4.31. The highest BCUT2D eigenvalue weighted by molar-refractivity contribution is 6.36. The van der Waals surface area contributed by atoms with Gasteiger partial charge < -0.3 is 16.4 Å². The van der Waals surface area contributed by atoms with E-state index in [1.807, 2.05) is 13.8 Å². The topological polar surface area (TPSA) is 111 Å². The highest BCUT2D eigenvalue weighted by Gasteiger charge is 2.22. The van der Waals surface area contributed by atoms with Gasteiger partial charge in [-0.2, -0.15) is 10.1 Å². The van der Waals surface area contributed by atoms with Gasteiger partial charge in [-0.3, -0.25) is 9.48 Å². The number of rotatable bonds is 8. The Kier molecular flexibility index (Phi) is 6.73. The molecule has 3 rings (SSSR count). The first-order chi connectivity index (χ1) is 14.3. The number of nitrogens with zero attached hydrogens (tertiary/aromatic N) is 4. The lowest BCUT2D eigenvalue weighted by Gasteiger charge is -2.17. The summed E-state index contributed by atoms with van der Waals surface area (Å²) in [4.78, 5) is 20.2. The van der Waals surface area contributed by atoms with Crippen LogP contribution in [0.15, 0.2) is 36.8 Å². The lowest BCUT2D eigenvalue weighted by atomic mass is 10.0. The number of nitrogens with one attached hydrogen (secondary N) is 2. The molecule has 4 N–H and O–H groups in total. The van der Waals surface area contributed by atoms with Gasteiger partial charge in [0.25, 0.3) is 0 Å². The molecule has 0 spiro atoms. The zero-order valence-electron chi connectivity index (χ0n) is 16.2. The average molecular weight is 452 g/mol. The van der Waals surface area contributed by atoms with E-state index in [4.69, 9.17) is 28.9 Å². The zero-order valence-corrected chi connectivity index (χ0v) is 17.7. The molecule has 11 heteroatoms. The summed E-state index contributed by atoms with van der Waals surface area (Å²) < 4.78 is 15.2. The van der Waals surface area contributed by atoms with Gasteiger partial charge in [-0.25, -0.2) is 9.37 Å². The normalized spacial score (nSPS) is 12.1. The Morgan fingerprint density at radius 2 is 2.07 bits per heavy atom. The SMILES string of the molecule is CC(C)C(C(N)=O)n1cc(Nc2nccc(NCc3c(Cl)ccc(F)c3Cl)n2)cn1. The molecule has 0 saturated carbocycles. The first-order valence-electron chi connectivity index (χ1n) is 9.06. The standard InChI is InChI=1S/C19H20Cl2FN7O/c1-10(2)17(18(23)30)29-9-11(7-26-29)27-19-24-6-5-15(28-19)25-8-12-13(20)3-4-14(22)16(12)21/h3-7,9-10,17H,8H2,1-2H3,(H2,23,30)(H2,24,25,27,28). The average Bonchev–Trinajstić information content (AvgIpc) is 3.12. The molecule has 1 unspecified atom stereocenters. The van der Waals surface area contributed by atoms with Crippen molar-refractivity contribution >= 4 is 46.6 Å². The van der Waals surface area contributed by atoms with Crippen LogP contribution in [0.2, 0.25) is 10.0 Å². The van der Waals surface area contributed by atoms with Crippen molar-refractivity contribution in [2.75, 3.05) is 10.6 Å². The molecule has 0 bridgehead atoms. The van der Waals surface area contributed by atoms with Crippen molar-refractivity contribution in [2.24, 2.45) is 11.7 Å². The van der Waals surface area contributed by atoms with E-state index in [2.05, 4.69) is 25.7 Å². The van der Waals surface area contributed by atoms with Crippen LogP contribution < -0.4 is 16.4 Å². The zero-order chi connectivity index (χ0) is 21.8. The molecule has 0 aliphatic rings. The van der Waals surface area contributed by atoms with E-state index in [1.54, 1.807) is 24.7 Å². The van der Waals surface area contributed by atoms with E-state index in [1.165, 1.54) is 16.8 Å². The Morgan fingerprint density at radius 3 is 2.77 bits per heavy atom. The fraction of sp³-hybridized carbons (Fsp3) is 0.263. The fourth-order valence-corrected chi connectivity index (χ4v) is 3.38. The van der Waals surface area contributed by atoms with Gasteiger partial charge in [0.1, 0.15) is 17.7 Å². The summed E-state index contributed by atoms with van der Waals surface area (Å²) in [5.74, 6) is -0.238. The Morgan fingerprint density at radius 1 is 1.30 bits per heavy atom. The minimum absolute atomic E-state index is 0.0134. The Bertz CT molecular complexity index is 1060. The van der Waals surface area contributed by atoms with Crippen LogP contribution in [0, 0.1) is 11.7 Å². The monoisotopic (exact) mass is 451 g/mol. The fourth-order valence-electron chi connectivity index (χ4n) is 2.88. The number of hydrogen-bond acceptors (Lipinski definition) is 6. The van der Waals surface area contributed by atoms with Crippen LogP contribution >= 0.6 is 23.2 Å². The van der Waals surface area contributed by atoms with E-state index in [-0.39, 0.29) is 17.5 Å². The van der Waals surface area contributed by atoms with Gasteiger partial charge in [0.05, 0.1) is 16.9 Å². The van der Waals surface area contributed by atoms with Crippen molar-refractivity contribution in [2.45, 2.75) is 26.4 Å². The van der Waals surface area contributed by atoms with Crippen molar-refractivity contribution in [3.05, 3.63) is 58.2 Å². The van der Waals surface area contributed by atoms with Crippen molar-refractivity contribution in [1.82, 2.24) is 19.7 Å². The molecule has 3 aromatic rings. The van der Waals surface area contributed by atoms with E-state index in [0.29, 0.717) is 28.0 Å². The number of aromatic nitrogens is 4. The van der Waals surface area contributed by atoms with Gasteiger partial charge in [0, 0.05) is 29.5 Å². The number of carbonyl (C=O) groups excluding carboxylic acids is 1. The molecule has 8 nitrogen and oxygen atoms in total. The van der Waals surface area contributed by atoms with Crippen LogP contribution in [0.5, 0.6) is 0 Å². The number of halogens is 3. The molecular weight excluding hydrogens is 432 g/mol. The predicted octanol–water partition coefficient (Wildman–Crippen LogP) is 4.16. The number of primary amides is 1. The van der Waals surface area contributed by atoms with Gasteiger partial charge in [0.2, 0.25) is 11.9 Å². The lowest BCUT2D eigenvalue weighted by molar-refractivity contribution is -0.122. The summed E-state index contributed by atoms with van der Waals surface area (Å²) in [6.07, 6.45) is 4.76. The smallest absolute Gasteiger partial charge is 0.242 e. The highest BCUT2D eigenvalue weighted by Crippen LogP contribution is 2.28. The first-order valence-corrected chi connectivity index (χ1v) is 9.81. The molecular formula is C19H20Cl2FN7O. The molecule has 0 aliphatic carbocycles. The van der Waals surface area contributed by atoms with Gasteiger partial charge in [-0.1, -0.05) is 37.0 Å². The van der Waals surface area contributed by atoms with Crippen LogP contribution in [-0.4, -0.2) is 25.7 Å². The number of benzene rings is 1. The van der Waals surface area contributed by atoms with Crippen LogP contribution in [0.4, 0.5) is 21.8 Å². The Hall–Kier alpha value is -2.91. The maximum absolute atomic E-state index is 13.7. The van der Waals surface area contributed by atoms with E-state index in [9.17, 15) is 9.18 Å². The third-order valence-corrected chi connectivity index (χ3v) is 5.07. The van der Waals surface area contributed by atoms with Crippen LogP contribution in [0.3, 0.4) is 0 Å². The first kappa shape index (κ1) is 21.8. The summed E-state index contributed by atoms with van der Waals surface area (Å²) in [6, 6.07) is 3.75. The molecule has 2 aromatic heterocycles. The molecule has 1 amide bonds. The van der Waals surface area contributed by atoms with Crippen molar-refractivity contribution in [3.63, 3.8) is 0 Å². The maximum Gasteiger partial charge on any atom is 0.242 e. The largest absolute Gasteiger partial charge is 0.368 e. The highest BCUT2D eigenvalue weighted by atomic mass is 35.5. The van der Waals surface area contributed by atoms with E-state index in [0.717, 1.165) is 0 Å². The molecule has 1 aromatic carbocycles. The second-order valence-corrected chi connectivity index (χ2v) is 7.65. The summed E-state index contributed by atoms with van der Waals surface area (Å²) in [6.45, 7) is 3.96. The number of hydrogen-bond donors (Lipinski definition) is 3. The number of anilines is 3. The van der Waals surface area contributed by atoms with Crippen molar-refractivity contribution < 1.29 is 9.18 Å². The van der Waals surface area contributed by atoms with E-state index >= 15 is 0 Å². The number of amides is 1. The second kappa shape index (κ2) is 9.27. The molecule has 2 heterocycles. The molecule has 0 radical (unpaired) electrons. The molecule has 1 atom stereocenters.